The Morgan fingerprint density at radius 3 is 2.37 bits per heavy atom. The van der Waals surface area contributed by atoms with Gasteiger partial charge in [0.25, 0.3) is 0 Å². The highest BCUT2D eigenvalue weighted by molar-refractivity contribution is 5.86. The maximum absolute atomic E-state index is 11.7. The fraction of sp³-hybridized carbons (Fsp3) is 0.429. The van der Waals surface area contributed by atoms with Crippen LogP contribution in [0.1, 0.15) is 25.8 Å². The molecule has 0 unspecified atom stereocenters. The molecule has 2 atom stereocenters. The quantitative estimate of drug-likeness (QED) is 0.720. The summed E-state index contributed by atoms with van der Waals surface area (Å²) in [5.74, 6) is -0.539. The second-order valence-electron chi connectivity index (χ2n) is 4.57. The van der Waals surface area contributed by atoms with E-state index in [4.69, 9.17) is 5.73 Å². The van der Waals surface area contributed by atoms with Gasteiger partial charge < -0.3 is 16.4 Å². The van der Waals surface area contributed by atoms with E-state index in [-0.39, 0.29) is 12.1 Å². The lowest BCUT2D eigenvalue weighted by Gasteiger charge is -2.18. The molecule has 104 valence electrons. The first kappa shape index (κ1) is 15.0. The van der Waals surface area contributed by atoms with Crippen LogP contribution in [-0.2, 0) is 11.2 Å². The van der Waals surface area contributed by atoms with E-state index in [2.05, 4.69) is 10.6 Å². The van der Waals surface area contributed by atoms with Crippen LogP contribution < -0.4 is 16.4 Å². The molecule has 0 aliphatic heterocycles. The molecule has 19 heavy (non-hydrogen) atoms. The smallest absolute Gasteiger partial charge is 0.315 e. The van der Waals surface area contributed by atoms with Crippen molar-refractivity contribution < 1.29 is 9.59 Å². The van der Waals surface area contributed by atoms with Crippen molar-refractivity contribution in [3.8, 4) is 0 Å². The summed E-state index contributed by atoms with van der Waals surface area (Å²) in [4.78, 5) is 23.1. The molecule has 1 rings (SSSR count). The molecule has 4 N–H and O–H groups in total. The van der Waals surface area contributed by atoms with Gasteiger partial charge in [0.15, 0.2) is 0 Å². The largest absolute Gasteiger partial charge is 0.368 e. The molecule has 0 saturated carbocycles. The fourth-order valence-corrected chi connectivity index (χ4v) is 1.60. The Hall–Kier alpha value is -2.04. The van der Waals surface area contributed by atoms with E-state index in [1.807, 2.05) is 44.2 Å². The molecular weight excluding hydrogens is 242 g/mol. The first-order valence-electron chi connectivity index (χ1n) is 6.43. The molecule has 0 heterocycles. The van der Waals surface area contributed by atoms with E-state index in [1.54, 1.807) is 0 Å². The zero-order chi connectivity index (χ0) is 14.3. The maximum atomic E-state index is 11.7. The van der Waals surface area contributed by atoms with Gasteiger partial charge in [0, 0.05) is 12.5 Å². The lowest BCUT2D eigenvalue weighted by atomic mass is 10.1. The van der Waals surface area contributed by atoms with Crippen molar-refractivity contribution in [2.24, 2.45) is 5.73 Å². The van der Waals surface area contributed by atoms with Crippen LogP contribution >= 0.6 is 0 Å². The molecule has 0 aliphatic rings. The van der Waals surface area contributed by atoms with Gasteiger partial charge in [0.2, 0.25) is 5.91 Å². The third-order valence-electron chi connectivity index (χ3n) is 2.92. The standard InChI is InChI=1S/C14H21N3O2/c1-3-10(2)16-14(19)17-12(13(15)18)9-11-7-5-4-6-8-11/h4-8,10,12H,3,9H2,1-2H3,(H2,15,18)(H2,16,17,19)/t10-,12-/m1/s1. The molecule has 5 heteroatoms. The summed E-state index contributed by atoms with van der Waals surface area (Å²) in [5, 5.41) is 5.35. The average Bonchev–Trinajstić information content (AvgIpc) is 2.38. The van der Waals surface area contributed by atoms with Crippen LogP contribution in [-0.4, -0.2) is 24.0 Å². The monoisotopic (exact) mass is 263 g/mol. The minimum absolute atomic E-state index is 0.0604. The lowest BCUT2D eigenvalue weighted by Crippen LogP contribution is -2.51. The summed E-state index contributed by atoms with van der Waals surface area (Å²) in [6, 6.07) is 8.44. The maximum Gasteiger partial charge on any atom is 0.315 e. The van der Waals surface area contributed by atoms with Crippen LogP contribution in [0.15, 0.2) is 30.3 Å². The molecule has 0 bridgehead atoms. The Balaban J connectivity index is 2.59. The Morgan fingerprint density at radius 2 is 1.84 bits per heavy atom. The molecule has 0 aliphatic carbocycles. The summed E-state index contributed by atoms with van der Waals surface area (Å²) in [7, 11) is 0. The van der Waals surface area contributed by atoms with E-state index < -0.39 is 11.9 Å². The Labute approximate surface area is 113 Å². The van der Waals surface area contributed by atoms with Crippen molar-refractivity contribution in [3.05, 3.63) is 35.9 Å². The Bertz CT molecular complexity index is 420. The van der Waals surface area contributed by atoms with E-state index in [9.17, 15) is 9.59 Å². The minimum Gasteiger partial charge on any atom is -0.368 e. The summed E-state index contributed by atoms with van der Waals surface area (Å²) >= 11 is 0. The predicted octanol–water partition coefficient (Wildman–Crippen LogP) is 1.18. The summed E-state index contributed by atoms with van der Waals surface area (Å²) in [6.07, 6.45) is 1.22. The van der Waals surface area contributed by atoms with Gasteiger partial charge in [-0.3, -0.25) is 4.79 Å². The van der Waals surface area contributed by atoms with E-state index in [0.29, 0.717) is 6.42 Å². The third kappa shape index (κ3) is 5.42. The van der Waals surface area contributed by atoms with Crippen LogP contribution in [0.4, 0.5) is 4.79 Å². The predicted molar refractivity (Wildman–Crippen MR) is 74.5 cm³/mol. The van der Waals surface area contributed by atoms with Crippen molar-refractivity contribution in [2.45, 2.75) is 38.8 Å². The van der Waals surface area contributed by atoms with Crippen molar-refractivity contribution in [3.63, 3.8) is 0 Å². The lowest BCUT2D eigenvalue weighted by molar-refractivity contribution is -0.119. The second-order valence-corrected chi connectivity index (χ2v) is 4.57. The fourth-order valence-electron chi connectivity index (χ4n) is 1.60. The van der Waals surface area contributed by atoms with Gasteiger partial charge in [-0.2, -0.15) is 0 Å². The van der Waals surface area contributed by atoms with Crippen LogP contribution in [0.25, 0.3) is 0 Å². The molecular formula is C14H21N3O2. The first-order chi connectivity index (χ1) is 9.02. The van der Waals surface area contributed by atoms with Crippen molar-refractivity contribution in [1.29, 1.82) is 0 Å². The normalized spacial score (nSPS) is 13.4. The molecule has 5 nitrogen and oxygen atoms in total. The third-order valence-corrected chi connectivity index (χ3v) is 2.92. The second kappa shape index (κ2) is 7.41. The van der Waals surface area contributed by atoms with E-state index >= 15 is 0 Å². The number of carbonyl (C=O) groups is 2. The SMILES string of the molecule is CC[C@@H](C)NC(=O)N[C@H](Cc1ccccc1)C(N)=O. The highest BCUT2D eigenvalue weighted by atomic mass is 16.2. The molecule has 0 radical (unpaired) electrons. The zero-order valence-corrected chi connectivity index (χ0v) is 11.3. The van der Waals surface area contributed by atoms with Gasteiger partial charge in [0.05, 0.1) is 0 Å². The number of rotatable bonds is 6. The van der Waals surface area contributed by atoms with E-state index in [0.717, 1.165) is 12.0 Å². The summed E-state index contributed by atoms with van der Waals surface area (Å²) in [5.41, 5.74) is 6.27. The van der Waals surface area contributed by atoms with Gasteiger partial charge in [-0.25, -0.2) is 4.79 Å². The van der Waals surface area contributed by atoms with Gasteiger partial charge in [-0.05, 0) is 18.9 Å². The van der Waals surface area contributed by atoms with Crippen molar-refractivity contribution in [1.82, 2.24) is 10.6 Å². The van der Waals surface area contributed by atoms with Gasteiger partial charge in [-0.15, -0.1) is 0 Å². The van der Waals surface area contributed by atoms with Crippen LogP contribution in [0.2, 0.25) is 0 Å². The van der Waals surface area contributed by atoms with Gasteiger partial charge in [0.1, 0.15) is 6.04 Å². The summed E-state index contributed by atoms with van der Waals surface area (Å²) in [6.45, 7) is 3.87. The zero-order valence-electron chi connectivity index (χ0n) is 11.3. The molecule has 1 aromatic rings. The Kier molecular flexibility index (Phi) is 5.85. The number of urea groups is 1. The number of nitrogens with one attached hydrogen (secondary N) is 2. The average molecular weight is 263 g/mol. The minimum atomic E-state index is -0.702. The number of primary amides is 1. The van der Waals surface area contributed by atoms with Crippen molar-refractivity contribution in [2.75, 3.05) is 0 Å². The number of hydrogen-bond donors (Lipinski definition) is 3. The summed E-state index contributed by atoms with van der Waals surface area (Å²) < 4.78 is 0. The van der Waals surface area contributed by atoms with E-state index in [1.165, 1.54) is 0 Å². The molecule has 0 saturated heterocycles. The number of amides is 3. The van der Waals surface area contributed by atoms with Crippen molar-refractivity contribution >= 4 is 11.9 Å². The molecule has 0 aromatic heterocycles. The molecule has 0 spiro atoms. The molecule has 1 aromatic carbocycles. The number of nitrogens with two attached hydrogens (primary N) is 1. The highest BCUT2D eigenvalue weighted by Gasteiger charge is 2.18. The first-order valence-corrected chi connectivity index (χ1v) is 6.43. The van der Waals surface area contributed by atoms with Crippen LogP contribution in [0.5, 0.6) is 0 Å². The van der Waals surface area contributed by atoms with Gasteiger partial charge in [-0.1, -0.05) is 37.3 Å². The number of hydrogen-bond acceptors (Lipinski definition) is 2. The van der Waals surface area contributed by atoms with Crippen LogP contribution in [0, 0.1) is 0 Å². The topological polar surface area (TPSA) is 84.2 Å². The highest BCUT2D eigenvalue weighted by Crippen LogP contribution is 2.03. The molecule has 3 amide bonds. The molecule has 0 fully saturated rings. The number of benzene rings is 1. The van der Waals surface area contributed by atoms with Crippen LogP contribution in [0.3, 0.4) is 0 Å². The Morgan fingerprint density at radius 1 is 1.21 bits per heavy atom. The van der Waals surface area contributed by atoms with Gasteiger partial charge >= 0.3 is 6.03 Å². The number of carbonyl (C=O) groups excluding carboxylic acids is 2.